The lowest BCUT2D eigenvalue weighted by atomic mass is 10.3. The van der Waals surface area contributed by atoms with E-state index in [1.807, 2.05) is 28.8 Å². The van der Waals surface area contributed by atoms with Crippen molar-refractivity contribution in [2.45, 2.75) is 18.4 Å². The second-order valence-corrected chi connectivity index (χ2v) is 7.88. The maximum atomic E-state index is 13.1. The normalized spacial score (nSPS) is 14.0. The highest BCUT2D eigenvalue weighted by Gasteiger charge is 2.35. The van der Waals surface area contributed by atoms with E-state index in [9.17, 15) is 13.2 Å². The van der Waals surface area contributed by atoms with Gasteiger partial charge in [-0.25, -0.2) is 22.5 Å². The monoisotopic (exact) mass is 374 g/mol. The number of aryl methyl sites for hydroxylation is 1. The minimum Gasteiger partial charge on any atom is -0.461 e. The van der Waals surface area contributed by atoms with Gasteiger partial charge < -0.3 is 13.9 Å². The van der Waals surface area contributed by atoms with Crippen molar-refractivity contribution in [3.63, 3.8) is 0 Å². The zero-order valence-corrected chi connectivity index (χ0v) is 15.2. The van der Waals surface area contributed by atoms with Gasteiger partial charge in [0.05, 0.1) is 24.2 Å². The summed E-state index contributed by atoms with van der Waals surface area (Å²) in [7, 11) is -2.21. The summed E-state index contributed by atoms with van der Waals surface area (Å²) in [6.07, 6.45) is 1.42. The van der Waals surface area contributed by atoms with E-state index in [-0.39, 0.29) is 17.2 Å². The Morgan fingerprint density at radius 3 is 2.81 bits per heavy atom. The molecule has 136 valence electrons. The zero-order chi connectivity index (χ0) is 18.5. The number of benzene rings is 1. The van der Waals surface area contributed by atoms with E-state index in [0.29, 0.717) is 19.0 Å². The second-order valence-electron chi connectivity index (χ2n) is 6.02. The average molecular weight is 374 g/mol. The van der Waals surface area contributed by atoms with Crippen molar-refractivity contribution in [1.29, 1.82) is 0 Å². The largest absolute Gasteiger partial charge is 0.461 e. The van der Waals surface area contributed by atoms with Gasteiger partial charge in [-0.2, -0.15) is 0 Å². The van der Waals surface area contributed by atoms with Crippen LogP contribution >= 0.6 is 0 Å². The lowest BCUT2D eigenvalue weighted by molar-refractivity contribution is 0.0515. The number of carbonyl (C=O) groups excluding carboxylic acids is 1. The fourth-order valence-corrected chi connectivity index (χ4v) is 4.69. The summed E-state index contributed by atoms with van der Waals surface area (Å²) in [5, 5.41) is 0. The zero-order valence-electron chi connectivity index (χ0n) is 14.4. The Morgan fingerprint density at radius 1 is 1.27 bits per heavy atom. The Bertz CT molecular complexity index is 1110. The van der Waals surface area contributed by atoms with Crippen LogP contribution < -0.4 is 4.31 Å². The van der Waals surface area contributed by atoms with E-state index in [1.165, 1.54) is 21.1 Å². The van der Waals surface area contributed by atoms with Gasteiger partial charge in [0.2, 0.25) is 5.95 Å². The molecule has 0 aliphatic carbocycles. The molecule has 0 saturated carbocycles. The van der Waals surface area contributed by atoms with Crippen LogP contribution in [0, 0.1) is 0 Å². The minimum absolute atomic E-state index is 0.0450. The molecule has 0 saturated heterocycles. The van der Waals surface area contributed by atoms with Crippen LogP contribution in [0.25, 0.3) is 11.0 Å². The van der Waals surface area contributed by atoms with Gasteiger partial charge in [0, 0.05) is 19.8 Å². The summed E-state index contributed by atoms with van der Waals surface area (Å²) in [6, 6.07) is 8.89. The molecule has 0 amide bonds. The molecule has 0 fully saturated rings. The molecule has 1 aromatic carbocycles. The molecule has 0 radical (unpaired) electrons. The number of imidazole rings is 1. The third-order valence-electron chi connectivity index (χ3n) is 4.44. The van der Waals surface area contributed by atoms with Gasteiger partial charge in [-0.05, 0) is 25.1 Å². The topological polar surface area (TPSA) is 86.4 Å². The van der Waals surface area contributed by atoms with Crippen LogP contribution in [0.3, 0.4) is 0 Å². The second kappa shape index (κ2) is 5.87. The first-order valence-electron chi connectivity index (χ1n) is 8.25. The number of fused-ring (bicyclic) bond motifs is 3. The molecule has 0 unspecified atom stereocenters. The van der Waals surface area contributed by atoms with Crippen molar-refractivity contribution in [2.75, 3.05) is 17.5 Å². The number of ether oxygens (including phenoxy) is 1. The van der Waals surface area contributed by atoms with Crippen LogP contribution in [-0.4, -0.2) is 41.7 Å². The van der Waals surface area contributed by atoms with Crippen LogP contribution in [0.4, 0.5) is 5.95 Å². The summed E-state index contributed by atoms with van der Waals surface area (Å²) in [4.78, 5) is 16.5. The maximum Gasteiger partial charge on any atom is 0.354 e. The number of esters is 1. The number of nitrogens with zero attached hydrogens (tertiary/aromatic N) is 4. The summed E-state index contributed by atoms with van der Waals surface area (Å²) >= 11 is 0. The van der Waals surface area contributed by atoms with Gasteiger partial charge in [0.1, 0.15) is 10.6 Å². The van der Waals surface area contributed by atoms with E-state index in [1.54, 1.807) is 14.0 Å². The van der Waals surface area contributed by atoms with Crippen molar-refractivity contribution >= 4 is 33.0 Å². The van der Waals surface area contributed by atoms with Gasteiger partial charge in [-0.1, -0.05) is 12.1 Å². The quantitative estimate of drug-likeness (QED) is 0.650. The van der Waals surface area contributed by atoms with Gasteiger partial charge >= 0.3 is 5.97 Å². The number of para-hydroxylation sites is 2. The van der Waals surface area contributed by atoms with Gasteiger partial charge in [-0.3, -0.25) is 0 Å². The molecule has 4 rings (SSSR count). The summed E-state index contributed by atoms with van der Waals surface area (Å²) < 4.78 is 35.9. The van der Waals surface area contributed by atoms with Crippen LogP contribution in [-0.2, 0) is 28.4 Å². The molecule has 0 atom stereocenters. The van der Waals surface area contributed by atoms with Gasteiger partial charge in [0.25, 0.3) is 10.0 Å². The number of hydrogen-bond donors (Lipinski definition) is 0. The highest BCUT2D eigenvalue weighted by Crippen LogP contribution is 2.32. The predicted octanol–water partition coefficient (Wildman–Crippen LogP) is 1.76. The smallest absolute Gasteiger partial charge is 0.354 e. The molecule has 0 bridgehead atoms. The lowest BCUT2D eigenvalue weighted by Crippen LogP contribution is -2.29. The molecular formula is C17H18N4O4S. The van der Waals surface area contributed by atoms with Gasteiger partial charge in [-0.15, -0.1) is 0 Å². The summed E-state index contributed by atoms with van der Waals surface area (Å²) in [5.74, 6) is -0.155. The third-order valence-corrected chi connectivity index (χ3v) is 6.18. The number of anilines is 1. The Labute approximate surface area is 150 Å². The maximum absolute atomic E-state index is 13.1. The molecule has 8 nitrogen and oxygen atoms in total. The number of sulfonamides is 1. The number of carbonyl (C=O) groups is 1. The minimum atomic E-state index is -3.83. The van der Waals surface area contributed by atoms with E-state index in [4.69, 9.17) is 4.74 Å². The van der Waals surface area contributed by atoms with E-state index in [0.717, 1.165) is 11.0 Å². The SMILES string of the molecule is CCOC(=O)c1cc(S(=O)(=O)N2CCn3c2nc2ccccc23)cn1C. The molecule has 1 aliphatic heterocycles. The Kier molecular flexibility index (Phi) is 3.76. The average Bonchev–Trinajstić information content (AvgIpc) is 3.27. The first kappa shape index (κ1) is 16.6. The molecule has 2 aromatic heterocycles. The van der Waals surface area contributed by atoms with E-state index < -0.39 is 16.0 Å². The molecule has 3 heterocycles. The van der Waals surface area contributed by atoms with E-state index >= 15 is 0 Å². The van der Waals surface area contributed by atoms with Crippen molar-refractivity contribution < 1.29 is 17.9 Å². The molecular weight excluding hydrogens is 356 g/mol. The van der Waals surface area contributed by atoms with Crippen molar-refractivity contribution in [3.05, 3.63) is 42.2 Å². The van der Waals surface area contributed by atoms with Crippen LogP contribution in [0.5, 0.6) is 0 Å². The molecule has 3 aromatic rings. The van der Waals surface area contributed by atoms with Crippen LogP contribution in [0.1, 0.15) is 17.4 Å². The number of rotatable bonds is 4. The van der Waals surface area contributed by atoms with Crippen molar-refractivity contribution in [2.24, 2.45) is 7.05 Å². The van der Waals surface area contributed by atoms with Crippen LogP contribution in [0.15, 0.2) is 41.4 Å². The predicted molar refractivity (Wildman–Crippen MR) is 95.6 cm³/mol. The van der Waals surface area contributed by atoms with Crippen molar-refractivity contribution in [1.82, 2.24) is 14.1 Å². The highest BCUT2D eigenvalue weighted by molar-refractivity contribution is 7.92. The van der Waals surface area contributed by atoms with Crippen LogP contribution in [0.2, 0.25) is 0 Å². The van der Waals surface area contributed by atoms with Gasteiger partial charge in [0.15, 0.2) is 0 Å². The Morgan fingerprint density at radius 2 is 2.04 bits per heavy atom. The number of hydrogen-bond acceptors (Lipinski definition) is 5. The molecule has 1 aliphatic rings. The molecule has 9 heteroatoms. The number of aromatic nitrogens is 3. The summed E-state index contributed by atoms with van der Waals surface area (Å²) in [6.45, 7) is 2.77. The van der Waals surface area contributed by atoms with E-state index in [2.05, 4.69) is 4.98 Å². The molecule has 0 spiro atoms. The molecule has 26 heavy (non-hydrogen) atoms. The van der Waals surface area contributed by atoms with Crippen molar-refractivity contribution in [3.8, 4) is 0 Å². The summed E-state index contributed by atoms with van der Waals surface area (Å²) in [5.41, 5.74) is 1.85. The fourth-order valence-electron chi connectivity index (χ4n) is 3.20. The first-order chi connectivity index (χ1) is 12.4. The third kappa shape index (κ3) is 2.38. The lowest BCUT2D eigenvalue weighted by Gasteiger charge is -2.15. The fraction of sp³-hybridized carbons (Fsp3) is 0.294. The first-order valence-corrected chi connectivity index (χ1v) is 9.69. The Hall–Kier alpha value is -2.81. The Balaban J connectivity index is 1.76. The standard InChI is InChI=1S/C17H18N4O4S/c1-3-25-16(22)15-10-12(11-19(15)2)26(23,24)21-9-8-20-14-7-5-4-6-13(14)18-17(20)21/h4-7,10-11H,3,8-9H2,1-2H3. The highest BCUT2D eigenvalue weighted by atomic mass is 32.2. The molecule has 0 N–H and O–H groups in total.